The van der Waals surface area contributed by atoms with Crippen LogP contribution in [-0.4, -0.2) is 47.4 Å². The van der Waals surface area contributed by atoms with Crippen LogP contribution in [-0.2, 0) is 32.3 Å². The van der Waals surface area contributed by atoms with E-state index in [0.29, 0.717) is 0 Å². The zero-order chi connectivity index (χ0) is 25.9. The van der Waals surface area contributed by atoms with E-state index in [0.717, 1.165) is 48.3 Å². The van der Waals surface area contributed by atoms with Crippen molar-refractivity contribution in [3.8, 4) is 34.3 Å². The fourth-order valence-electron chi connectivity index (χ4n) is 4.24. The zero-order valence-corrected chi connectivity index (χ0v) is 21.1. The van der Waals surface area contributed by atoms with Gasteiger partial charge in [-0.15, -0.1) is 0 Å². The number of rotatable bonds is 5. The smallest absolute Gasteiger partial charge is 0.318 e. The monoisotopic (exact) mass is 505 g/mol. The molecule has 35 heavy (non-hydrogen) atoms. The van der Waals surface area contributed by atoms with Crippen molar-refractivity contribution in [3.63, 3.8) is 0 Å². The lowest BCUT2D eigenvalue weighted by molar-refractivity contribution is -0.692. The first-order valence-electron chi connectivity index (χ1n) is 10.5. The van der Waals surface area contributed by atoms with Crippen molar-refractivity contribution in [3.05, 3.63) is 41.6 Å². The van der Waals surface area contributed by atoms with Gasteiger partial charge in [-0.1, -0.05) is 0 Å². The van der Waals surface area contributed by atoms with Gasteiger partial charge in [-0.05, 0) is 29.7 Å². The van der Waals surface area contributed by atoms with Crippen LogP contribution in [0.2, 0.25) is 0 Å². The molecule has 11 heteroatoms. The summed E-state index contributed by atoms with van der Waals surface area (Å²) in [4.78, 5) is 9.66. The van der Waals surface area contributed by atoms with Gasteiger partial charge in [-0.3, -0.25) is 4.79 Å². The molecule has 0 unspecified atom stereocenters. The number of ether oxygens (including phenoxy) is 4. The van der Waals surface area contributed by atoms with E-state index in [9.17, 15) is 17.8 Å². The summed E-state index contributed by atoms with van der Waals surface area (Å²) in [6, 6.07) is 10.4. The lowest BCUT2D eigenvalue weighted by Gasteiger charge is -2.21. The Hall–Kier alpha value is -3.57. The number of aryl methyl sites for hydroxylation is 1. The maximum absolute atomic E-state index is 9.66. The first-order chi connectivity index (χ1) is 16.5. The number of hydrogen-bond acceptors (Lipinski definition) is 9. The Labute approximate surface area is 203 Å². The number of benzene rings is 2. The molecule has 0 fully saturated rings. The van der Waals surface area contributed by atoms with Gasteiger partial charge in [-0.25, -0.2) is 8.42 Å². The topological polar surface area (TPSA) is 124 Å². The van der Waals surface area contributed by atoms with Gasteiger partial charge in [0.25, 0.3) is 10.4 Å². The number of hydrogen-bond donors (Lipinski definition) is 0. The molecule has 188 valence electrons. The molecule has 0 bridgehead atoms. The average Bonchev–Trinajstić information content (AvgIpc) is 2.81. The molecule has 2 aromatic carbocycles. The molecule has 0 amide bonds. The first-order valence-corrected chi connectivity index (χ1v) is 11.9. The fourth-order valence-corrected chi connectivity index (χ4v) is 4.52. The minimum absolute atomic E-state index is 0.734. The van der Waals surface area contributed by atoms with E-state index in [-0.39, 0.29) is 0 Å². The van der Waals surface area contributed by atoms with Crippen LogP contribution in [0, 0.1) is 6.92 Å². The van der Waals surface area contributed by atoms with Crippen LogP contribution in [0.5, 0.6) is 23.0 Å². The minimum Gasteiger partial charge on any atom is -0.716 e. The lowest BCUT2D eigenvalue weighted by Crippen LogP contribution is -2.43. The second-order valence-corrected chi connectivity index (χ2v) is 8.60. The standard InChI is InChI=1S/C22H24NO4.C2H4O5S/c1-13-17-12-21(26-4)20(25-3)11-14(17)10-18-15-6-7-19(24-2)22(27-5)16(15)8-9-23(13)18;1-2(3)7-8(4,5)6/h6-7,10-12H,8-9H2,1-5H3;1H3,(H,4,5,6)/q+1;/p-1. The van der Waals surface area contributed by atoms with Gasteiger partial charge in [-0.2, -0.15) is 4.57 Å². The Morgan fingerprint density at radius 1 is 0.943 bits per heavy atom. The fraction of sp³-hybridized carbons (Fsp3) is 0.333. The Bertz CT molecular complexity index is 1380. The number of aromatic nitrogens is 1. The summed E-state index contributed by atoms with van der Waals surface area (Å²) in [5.74, 6) is 1.95. The van der Waals surface area contributed by atoms with E-state index < -0.39 is 16.4 Å². The summed E-state index contributed by atoms with van der Waals surface area (Å²) in [7, 11) is 1.88. The van der Waals surface area contributed by atoms with Crippen molar-refractivity contribution in [2.24, 2.45) is 0 Å². The number of carbonyl (C=O) groups excluding carboxylic acids is 1. The average molecular weight is 506 g/mol. The third-order valence-electron chi connectivity index (χ3n) is 5.66. The molecule has 3 aromatic rings. The molecule has 4 rings (SSSR count). The van der Waals surface area contributed by atoms with Crippen LogP contribution in [0.3, 0.4) is 0 Å². The van der Waals surface area contributed by atoms with Crippen molar-refractivity contribution < 1.29 is 45.5 Å². The highest BCUT2D eigenvalue weighted by Gasteiger charge is 2.30. The highest BCUT2D eigenvalue weighted by atomic mass is 32.3. The van der Waals surface area contributed by atoms with Gasteiger partial charge in [0, 0.05) is 31.9 Å². The number of pyridine rings is 1. The van der Waals surface area contributed by atoms with Gasteiger partial charge in [0.15, 0.2) is 35.2 Å². The van der Waals surface area contributed by atoms with Crippen molar-refractivity contribution in [1.29, 1.82) is 0 Å². The van der Waals surface area contributed by atoms with Crippen molar-refractivity contribution in [2.75, 3.05) is 28.4 Å². The molecule has 0 saturated heterocycles. The van der Waals surface area contributed by atoms with Crippen LogP contribution in [0.1, 0.15) is 18.2 Å². The SMILES string of the molecule is CC(=O)OS(=O)(=O)[O-].COc1cc2cc3[n+](c(C)c2cc1OC)CCc1c-3ccc(OC)c1OC. The highest BCUT2D eigenvalue weighted by molar-refractivity contribution is 7.81. The van der Waals surface area contributed by atoms with Crippen LogP contribution in [0.15, 0.2) is 30.3 Å². The number of carbonyl (C=O) groups is 1. The number of nitrogens with zero attached hydrogens (tertiary/aromatic N) is 1. The first kappa shape index (κ1) is 26.0. The maximum atomic E-state index is 9.66. The summed E-state index contributed by atoms with van der Waals surface area (Å²) in [6.45, 7) is 3.88. The van der Waals surface area contributed by atoms with E-state index >= 15 is 0 Å². The van der Waals surface area contributed by atoms with Gasteiger partial charge >= 0.3 is 5.97 Å². The van der Waals surface area contributed by atoms with Crippen molar-refractivity contribution >= 4 is 27.1 Å². The zero-order valence-electron chi connectivity index (χ0n) is 20.3. The molecule has 0 aliphatic carbocycles. The third-order valence-corrected chi connectivity index (χ3v) is 6.10. The lowest BCUT2D eigenvalue weighted by atomic mass is 9.93. The molecule has 2 heterocycles. The van der Waals surface area contributed by atoms with Crippen LogP contribution < -0.4 is 23.5 Å². The van der Waals surface area contributed by atoms with Gasteiger partial charge in [0.2, 0.25) is 5.69 Å². The van der Waals surface area contributed by atoms with Gasteiger partial charge in [0.05, 0.1) is 39.4 Å². The predicted octanol–water partition coefficient (Wildman–Crippen LogP) is 2.70. The normalized spacial score (nSPS) is 12.0. The molecule has 10 nitrogen and oxygen atoms in total. The van der Waals surface area contributed by atoms with E-state index in [4.69, 9.17) is 18.9 Å². The number of methoxy groups -OCH3 is 4. The molecular formula is C24H27NO9S. The van der Waals surface area contributed by atoms with Crippen molar-refractivity contribution in [2.45, 2.75) is 26.8 Å². The maximum Gasteiger partial charge on any atom is 0.318 e. The Kier molecular flexibility index (Phi) is 7.71. The second-order valence-electron chi connectivity index (χ2n) is 7.62. The molecule has 0 spiro atoms. The van der Waals surface area contributed by atoms with Crippen molar-refractivity contribution in [1.82, 2.24) is 0 Å². The molecule has 1 aliphatic rings. The molecule has 1 aromatic heterocycles. The summed E-state index contributed by atoms with van der Waals surface area (Å²) in [5, 5.41) is 2.29. The molecule has 1 aliphatic heterocycles. The van der Waals surface area contributed by atoms with Crippen LogP contribution in [0.25, 0.3) is 22.0 Å². The molecule has 0 N–H and O–H groups in total. The third kappa shape index (κ3) is 5.41. The summed E-state index contributed by atoms with van der Waals surface area (Å²) in [5.41, 5.74) is 4.76. The molecular weight excluding hydrogens is 478 g/mol. The van der Waals surface area contributed by atoms with Crippen LogP contribution >= 0.6 is 0 Å². The van der Waals surface area contributed by atoms with E-state index in [2.05, 4.69) is 33.9 Å². The molecule has 0 saturated carbocycles. The summed E-state index contributed by atoms with van der Waals surface area (Å²) >= 11 is 0. The summed E-state index contributed by atoms with van der Waals surface area (Å²) in [6.07, 6.45) is 0.896. The largest absolute Gasteiger partial charge is 0.716 e. The van der Waals surface area contributed by atoms with Gasteiger partial charge in [0.1, 0.15) is 0 Å². The minimum atomic E-state index is -4.82. The Balaban J connectivity index is 0.000000371. The second kappa shape index (κ2) is 10.4. The molecule has 0 atom stereocenters. The highest BCUT2D eigenvalue weighted by Crippen LogP contribution is 2.41. The van der Waals surface area contributed by atoms with E-state index in [1.807, 2.05) is 12.1 Å². The number of fused-ring (bicyclic) bond motifs is 4. The van der Waals surface area contributed by atoms with E-state index in [1.165, 1.54) is 27.9 Å². The predicted molar refractivity (Wildman–Crippen MR) is 126 cm³/mol. The Morgan fingerprint density at radius 3 is 2.09 bits per heavy atom. The van der Waals surface area contributed by atoms with Gasteiger partial charge < -0.3 is 27.7 Å². The molecule has 0 radical (unpaired) electrons. The van der Waals surface area contributed by atoms with E-state index in [1.54, 1.807) is 28.4 Å². The summed E-state index contributed by atoms with van der Waals surface area (Å²) < 4.78 is 56.0. The quantitative estimate of drug-likeness (QED) is 0.292. The van der Waals surface area contributed by atoms with Crippen LogP contribution in [0.4, 0.5) is 0 Å². The Morgan fingerprint density at radius 2 is 1.57 bits per heavy atom.